The molecule has 1 fully saturated rings. The lowest BCUT2D eigenvalue weighted by Gasteiger charge is -2.55. The van der Waals surface area contributed by atoms with Gasteiger partial charge in [-0.3, -0.25) is 4.68 Å². The van der Waals surface area contributed by atoms with Crippen molar-refractivity contribution in [3.8, 4) is 6.19 Å². The van der Waals surface area contributed by atoms with E-state index in [2.05, 4.69) is 23.4 Å². The summed E-state index contributed by atoms with van der Waals surface area (Å²) in [6.45, 7) is 3.44. The molecule has 1 saturated heterocycles. The molecule has 10 nitrogen and oxygen atoms in total. The van der Waals surface area contributed by atoms with Gasteiger partial charge in [0.15, 0.2) is 6.19 Å². The minimum Gasteiger partial charge on any atom is -0.465 e. The van der Waals surface area contributed by atoms with E-state index in [1.54, 1.807) is 4.57 Å². The minimum absolute atomic E-state index is 0.166. The van der Waals surface area contributed by atoms with Crippen molar-refractivity contribution in [1.29, 1.82) is 5.26 Å². The maximum Gasteiger partial charge on any atom is 0.359 e. The van der Waals surface area contributed by atoms with Gasteiger partial charge in [0, 0.05) is 48.8 Å². The van der Waals surface area contributed by atoms with Crippen molar-refractivity contribution < 1.29 is 19.7 Å². The average Bonchev–Trinajstić information content (AvgIpc) is 3.53. The van der Waals surface area contributed by atoms with Crippen LogP contribution in [0.3, 0.4) is 0 Å². The van der Waals surface area contributed by atoms with Gasteiger partial charge >= 0.3 is 5.97 Å². The van der Waals surface area contributed by atoms with Crippen LogP contribution in [0.5, 0.6) is 0 Å². The maximum atomic E-state index is 13.3. The van der Waals surface area contributed by atoms with Gasteiger partial charge in [-0.2, -0.15) is 5.26 Å². The van der Waals surface area contributed by atoms with Crippen LogP contribution in [0.1, 0.15) is 68.4 Å². The number of benzene rings is 1. The number of hydrogen-bond donors (Lipinski definition) is 2. The molecule has 0 saturated carbocycles. The van der Waals surface area contributed by atoms with Gasteiger partial charge in [0.25, 0.3) is 0 Å². The summed E-state index contributed by atoms with van der Waals surface area (Å²) in [5.74, 6) is -0.685. The number of piperidine rings is 1. The molecule has 38 heavy (non-hydrogen) atoms. The summed E-state index contributed by atoms with van der Waals surface area (Å²) in [5, 5.41) is 40.9. The number of aromatic nitrogens is 4. The van der Waals surface area contributed by atoms with Crippen LogP contribution in [0.15, 0.2) is 30.5 Å². The molecule has 0 amide bonds. The molecule has 0 radical (unpaired) electrons. The van der Waals surface area contributed by atoms with Crippen molar-refractivity contribution in [2.75, 3.05) is 20.3 Å². The summed E-state index contributed by atoms with van der Waals surface area (Å²) in [5.41, 5.74) is 1.13. The van der Waals surface area contributed by atoms with Gasteiger partial charge in [-0.05, 0) is 56.6 Å². The molecule has 2 N–H and O–H groups in total. The van der Waals surface area contributed by atoms with Crippen molar-refractivity contribution >= 4 is 16.9 Å². The zero-order valence-corrected chi connectivity index (χ0v) is 22.1. The highest BCUT2D eigenvalue weighted by atomic mass is 16.5. The first-order valence-electron chi connectivity index (χ1n) is 13.5. The lowest BCUT2D eigenvalue weighted by atomic mass is 9.63. The first-order chi connectivity index (χ1) is 18.4. The number of likely N-dealkylation sites (tertiary alicyclic amines) is 1. The van der Waals surface area contributed by atoms with Crippen molar-refractivity contribution in [3.05, 3.63) is 47.4 Å². The number of rotatable bonds is 9. The first kappa shape index (κ1) is 26.2. The SMILES string of the molecule is CC[C@@]12CCCN(C#N)[C@@H]1c1c(CCn3cc(CCCCO)nn3)c3ccccc3n1[C@@](O)(C(=O)OC)C2. The van der Waals surface area contributed by atoms with Crippen LogP contribution in [0.25, 0.3) is 10.9 Å². The first-order valence-corrected chi connectivity index (χ1v) is 13.5. The summed E-state index contributed by atoms with van der Waals surface area (Å²) in [6.07, 6.45) is 9.84. The van der Waals surface area contributed by atoms with Gasteiger partial charge < -0.3 is 24.4 Å². The minimum atomic E-state index is -1.87. The van der Waals surface area contributed by atoms with Crippen LogP contribution in [0.4, 0.5) is 0 Å². The zero-order chi connectivity index (χ0) is 26.9. The average molecular weight is 521 g/mol. The molecule has 0 bridgehead atoms. The van der Waals surface area contributed by atoms with Crippen LogP contribution < -0.4 is 0 Å². The number of nitrogens with zero attached hydrogens (tertiary/aromatic N) is 6. The number of carbonyl (C=O) groups excluding carboxylic acids is 1. The molecule has 5 rings (SSSR count). The standard InChI is InChI=1S/C28H36N6O4/c1-3-27-13-8-14-32(19-29)25(27)24-22(12-15-33-17-20(30-31-33)9-6-7-16-35)21-10-4-5-11-23(21)34(24)28(37,18-27)26(36)38-2/h4-5,10-11,17,25,35,37H,3,6-9,12-16,18H2,1-2H3/t25-,27+,28+/m1/s1. The molecule has 0 spiro atoms. The van der Waals surface area contributed by atoms with E-state index >= 15 is 0 Å². The highest BCUT2D eigenvalue weighted by Gasteiger charge is 2.59. The highest BCUT2D eigenvalue weighted by molar-refractivity contribution is 5.89. The van der Waals surface area contributed by atoms with Crippen LogP contribution in [-0.4, -0.2) is 60.9 Å². The fourth-order valence-electron chi connectivity index (χ4n) is 6.80. The molecule has 3 aromatic rings. The Morgan fingerprint density at radius 1 is 1.29 bits per heavy atom. The van der Waals surface area contributed by atoms with E-state index in [0.29, 0.717) is 19.5 Å². The van der Waals surface area contributed by atoms with Crippen molar-refractivity contribution in [2.24, 2.45) is 5.41 Å². The van der Waals surface area contributed by atoms with E-state index in [9.17, 15) is 15.2 Å². The number of nitriles is 1. The number of unbranched alkanes of at least 4 members (excludes halogenated alkanes) is 1. The lowest BCUT2D eigenvalue weighted by Crippen LogP contribution is -2.58. The Hall–Kier alpha value is -3.42. The number of aliphatic hydroxyl groups excluding tert-OH is 1. The third-order valence-electron chi connectivity index (χ3n) is 8.58. The predicted molar refractivity (Wildman–Crippen MR) is 140 cm³/mol. The normalized spacial score (nSPS) is 24.6. The van der Waals surface area contributed by atoms with Gasteiger partial charge in [-0.1, -0.05) is 30.3 Å². The van der Waals surface area contributed by atoms with Crippen molar-refractivity contribution in [1.82, 2.24) is 24.5 Å². The van der Waals surface area contributed by atoms with Crippen LogP contribution in [-0.2, 0) is 34.6 Å². The fourth-order valence-corrected chi connectivity index (χ4v) is 6.80. The number of methoxy groups -OCH3 is 1. The quantitative estimate of drug-likeness (QED) is 0.250. The van der Waals surface area contributed by atoms with Crippen LogP contribution in [0.2, 0.25) is 0 Å². The number of fused-ring (bicyclic) bond motifs is 5. The van der Waals surface area contributed by atoms with E-state index in [0.717, 1.165) is 66.4 Å². The molecule has 3 atom stereocenters. The summed E-state index contributed by atoms with van der Waals surface area (Å²) in [6, 6.07) is 7.53. The monoisotopic (exact) mass is 520 g/mol. The molecule has 0 aliphatic carbocycles. The van der Waals surface area contributed by atoms with Crippen molar-refractivity contribution in [3.63, 3.8) is 0 Å². The number of esters is 1. The topological polar surface area (TPSA) is 129 Å². The van der Waals surface area contributed by atoms with Gasteiger partial charge in [0.1, 0.15) is 0 Å². The largest absolute Gasteiger partial charge is 0.465 e. The number of aryl methyl sites for hydroxylation is 3. The second-order valence-corrected chi connectivity index (χ2v) is 10.6. The molecule has 2 aliphatic heterocycles. The fraction of sp³-hybridized carbons (Fsp3) is 0.571. The number of ether oxygens (including phenoxy) is 1. The molecule has 2 aliphatic rings. The van der Waals surface area contributed by atoms with Gasteiger partial charge in [0.2, 0.25) is 5.72 Å². The van der Waals surface area contributed by atoms with Gasteiger partial charge in [-0.15, -0.1) is 5.10 Å². The molecule has 4 heterocycles. The Kier molecular flexibility index (Phi) is 7.16. The van der Waals surface area contributed by atoms with E-state index in [1.807, 2.05) is 40.0 Å². The zero-order valence-electron chi connectivity index (χ0n) is 22.1. The molecule has 10 heteroatoms. The third kappa shape index (κ3) is 4.14. The Labute approximate surface area is 222 Å². The molecular formula is C28H36N6O4. The maximum absolute atomic E-state index is 13.3. The molecule has 202 valence electrons. The Balaban J connectivity index is 1.64. The molecular weight excluding hydrogens is 484 g/mol. The highest BCUT2D eigenvalue weighted by Crippen LogP contribution is 2.59. The Bertz CT molecular complexity index is 1360. The lowest BCUT2D eigenvalue weighted by molar-refractivity contribution is -0.191. The second-order valence-electron chi connectivity index (χ2n) is 10.6. The Morgan fingerprint density at radius 2 is 2.11 bits per heavy atom. The summed E-state index contributed by atoms with van der Waals surface area (Å²) < 4.78 is 8.74. The molecule has 0 unspecified atom stereocenters. The van der Waals surface area contributed by atoms with Crippen molar-refractivity contribution in [2.45, 2.75) is 76.6 Å². The second kappa shape index (κ2) is 10.4. The summed E-state index contributed by atoms with van der Waals surface area (Å²) in [4.78, 5) is 15.1. The van der Waals surface area contributed by atoms with E-state index in [4.69, 9.17) is 9.84 Å². The smallest absolute Gasteiger partial charge is 0.359 e. The third-order valence-corrected chi connectivity index (χ3v) is 8.58. The van der Waals surface area contributed by atoms with Gasteiger partial charge in [-0.25, -0.2) is 4.79 Å². The summed E-state index contributed by atoms with van der Waals surface area (Å²) >= 11 is 0. The van der Waals surface area contributed by atoms with E-state index in [1.165, 1.54) is 7.11 Å². The molecule has 1 aromatic carbocycles. The number of para-hydroxylation sites is 1. The predicted octanol–water partition coefficient (Wildman–Crippen LogP) is 3.03. The van der Waals surface area contributed by atoms with Gasteiger partial charge in [0.05, 0.1) is 24.4 Å². The van der Waals surface area contributed by atoms with Crippen LogP contribution >= 0.6 is 0 Å². The molecule has 2 aromatic heterocycles. The number of hydrogen-bond acceptors (Lipinski definition) is 8. The van der Waals surface area contributed by atoms with Crippen LogP contribution in [0, 0.1) is 16.9 Å². The van der Waals surface area contributed by atoms with E-state index in [-0.39, 0.29) is 19.1 Å². The summed E-state index contributed by atoms with van der Waals surface area (Å²) in [7, 11) is 1.31. The number of aliphatic hydroxyl groups is 2. The Morgan fingerprint density at radius 3 is 2.84 bits per heavy atom. The van der Waals surface area contributed by atoms with E-state index < -0.39 is 17.1 Å². The number of carbonyl (C=O) groups is 1.